The first kappa shape index (κ1) is 11.8. The number of hydrogen-bond acceptors (Lipinski definition) is 3. The molecule has 0 aliphatic carbocycles. The Morgan fingerprint density at radius 1 is 1.28 bits per heavy atom. The zero-order valence-corrected chi connectivity index (χ0v) is 11.1. The fourth-order valence-electron chi connectivity index (χ4n) is 2.77. The predicted molar refractivity (Wildman–Crippen MR) is 75.3 cm³/mol. The Labute approximate surface area is 111 Å². The molecule has 0 fully saturated rings. The maximum absolute atomic E-state index is 6.12. The Balaban J connectivity index is 2.02. The average Bonchev–Trinajstić information content (AvgIpc) is 2.92. The van der Waals surface area contributed by atoms with E-state index in [1.807, 2.05) is 12.1 Å². The van der Waals surface area contributed by atoms with Crippen LogP contribution in [-0.2, 0) is 11.8 Å². The molecule has 2 heterocycles. The van der Waals surface area contributed by atoms with Gasteiger partial charge in [-0.1, -0.05) is 18.2 Å². The largest absolute Gasteiger partial charge is 0.493 e. The molecule has 1 atom stereocenters. The minimum absolute atomic E-state index is 0.0376. The number of benzene rings is 1. The highest BCUT2D eigenvalue weighted by atomic mass is 32.1. The zero-order chi connectivity index (χ0) is 12.4. The fraction of sp³-hybridized carbons (Fsp3) is 0.333. The smallest absolute Gasteiger partial charge is 0.123 e. The van der Waals surface area contributed by atoms with Crippen LogP contribution in [0.25, 0.3) is 0 Å². The highest BCUT2D eigenvalue weighted by molar-refractivity contribution is 7.07. The van der Waals surface area contributed by atoms with Gasteiger partial charge in [0.15, 0.2) is 0 Å². The molecule has 0 radical (unpaired) electrons. The summed E-state index contributed by atoms with van der Waals surface area (Å²) in [7, 11) is 0. The summed E-state index contributed by atoms with van der Waals surface area (Å²) in [6.45, 7) is 1.43. The molecule has 18 heavy (non-hydrogen) atoms. The number of hydrogen-bond donors (Lipinski definition) is 1. The van der Waals surface area contributed by atoms with Gasteiger partial charge in [0, 0.05) is 17.5 Å². The third-order valence-corrected chi connectivity index (χ3v) is 4.54. The van der Waals surface area contributed by atoms with Gasteiger partial charge in [-0.2, -0.15) is 11.3 Å². The lowest BCUT2D eigenvalue weighted by molar-refractivity contribution is 0.215. The van der Waals surface area contributed by atoms with E-state index in [2.05, 4.69) is 29.0 Å². The molecular formula is C15H17NOS. The SMILES string of the molecule is NCC1(Cc2ccsc2)CCOc2ccccc21. The van der Waals surface area contributed by atoms with Gasteiger partial charge in [0.1, 0.15) is 5.75 Å². The molecule has 0 saturated heterocycles. The summed E-state index contributed by atoms with van der Waals surface area (Å²) in [5.74, 6) is 1.00. The van der Waals surface area contributed by atoms with E-state index in [1.165, 1.54) is 11.1 Å². The summed E-state index contributed by atoms with van der Waals surface area (Å²) in [4.78, 5) is 0. The maximum atomic E-state index is 6.12. The Kier molecular flexibility index (Phi) is 3.10. The molecule has 2 aromatic rings. The van der Waals surface area contributed by atoms with Crippen LogP contribution in [0.4, 0.5) is 0 Å². The quantitative estimate of drug-likeness (QED) is 0.919. The van der Waals surface area contributed by atoms with E-state index in [9.17, 15) is 0 Å². The molecule has 0 bridgehead atoms. The van der Waals surface area contributed by atoms with Crippen molar-refractivity contribution < 1.29 is 4.74 Å². The molecule has 0 spiro atoms. The van der Waals surface area contributed by atoms with Crippen LogP contribution in [0.2, 0.25) is 0 Å². The van der Waals surface area contributed by atoms with E-state index in [0.717, 1.165) is 25.2 Å². The van der Waals surface area contributed by atoms with Gasteiger partial charge in [0.2, 0.25) is 0 Å². The van der Waals surface area contributed by atoms with E-state index in [4.69, 9.17) is 10.5 Å². The summed E-state index contributed by atoms with van der Waals surface area (Å²) in [6, 6.07) is 10.5. The normalized spacial score (nSPS) is 22.3. The molecule has 2 N–H and O–H groups in total. The standard InChI is InChI=1S/C15H17NOS/c16-11-15(9-12-5-8-18-10-12)6-7-17-14-4-2-1-3-13(14)15/h1-5,8,10H,6-7,9,11,16H2. The zero-order valence-electron chi connectivity index (χ0n) is 10.3. The number of nitrogens with two attached hydrogens (primary N) is 1. The predicted octanol–water partition coefficient (Wildman–Crippen LogP) is 2.97. The maximum Gasteiger partial charge on any atom is 0.123 e. The number of thiophene rings is 1. The average molecular weight is 259 g/mol. The van der Waals surface area contributed by atoms with Crippen molar-refractivity contribution in [1.82, 2.24) is 0 Å². The van der Waals surface area contributed by atoms with Crippen LogP contribution in [0.15, 0.2) is 41.1 Å². The van der Waals surface area contributed by atoms with Crippen molar-refractivity contribution in [3.63, 3.8) is 0 Å². The van der Waals surface area contributed by atoms with E-state index in [1.54, 1.807) is 11.3 Å². The Hall–Kier alpha value is -1.32. The summed E-state index contributed by atoms with van der Waals surface area (Å²) in [6.07, 6.45) is 2.00. The topological polar surface area (TPSA) is 35.2 Å². The summed E-state index contributed by atoms with van der Waals surface area (Å²) in [5.41, 5.74) is 8.80. The van der Waals surface area contributed by atoms with Gasteiger partial charge in [-0.25, -0.2) is 0 Å². The molecule has 3 rings (SSSR count). The Morgan fingerprint density at radius 2 is 2.17 bits per heavy atom. The van der Waals surface area contributed by atoms with Crippen molar-refractivity contribution in [2.45, 2.75) is 18.3 Å². The second-order valence-electron chi connectivity index (χ2n) is 4.89. The van der Waals surface area contributed by atoms with Gasteiger partial charge in [-0.05, 0) is 41.3 Å². The van der Waals surface area contributed by atoms with Crippen molar-refractivity contribution in [3.8, 4) is 5.75 Å². The third-order valence-electron chi connectivity index (χ3n) is 3.81. The van der Waals surface area contributed by atoms with Gasteiger partial charge < -0.3 is 10.5 Å². The summed E-state index contributed by atoms with van der Waals surface area (Å²) in [5, 5.41) is 4.35. The molecule has 0 saturated carbocycles. The molecule has 1 aromatic heterocycles. The number of para-hydroxylation sites is 1. The highest BCUT2D eigenvalue weighted by Gasteiger charge is 2.36. The van der Waals surface area contributed by atoms with Crippen molar-refractivity contribution in [2.24, 2.45) is 5.73 Å². The number of ether oxygens (including phenoxy) is 1. The van der Waals surface area contributed by atoms with Crippen molar-refractivity contribution in [3.05, 3.63) is 52.2 Å². The Bertz CT molecular complexity index is 523. The molecule has 3 heteroatoms. The van der Waals surface area contributed by atoms with Crippen LogP contribution in [0.3, 0.4) is 0 Å². The summed E-state index contributed by atoms with van der Waals surface area (Å²) >= 11 is 1.75. The van der Waals surface area contributed by atoms with Crippen LogP contribution in [0, 0.1) is 0 Å². The van der Waals surface area contributed by atoms with Gasteiger partial charge >= 0.3 is 0 Å². The van der Waals surface area contributed by atoms with E-state index in [-0.39, 0.29) is 5.41 Å². The highest BCUT2D eigenvalue weighted by Crippen LogP contribution is 2.40. The first-order chi connectivity index (χ1) is 8.84. The van der Waals surface area contributed by atoms with Crippen molar-refractivity contribution in [1.29, 1.82) is 0 Å². The van der Waals surface area contributed by atoms with E-state index >= 15 is 0 Å². The lowest BCUT2D eigenvalue weighted by Crippen LogP contribution is -2.41. The number of rotatable bonds is 3. The molecule has 94 valence electrons. The molecular weight excluding hydrogens is 242 g/mol. The minimum atomic E-state index is 0.0376. The first-order valence-electron chi connectivity index (χ1n) is 6.27. The third kappa shape index (κ3) is 1.93. The molecule has 1 aliphatic heterocycles. The molecule has 1 unspecified atom stereocenters. The minimum Gasteiger partial charge on any atom is -0.493 e. The van der Waals surface area contributed by atoms with Crippen LogP contribution < -0.4 is 10.5 Å². The second-order valence-corrected chi connectivity index (χ2v) is 5.67. The van der Waals surface area contributed by atoms with Crippen LogP contribution in [-0.4, -0.2) is 13.2 Å². The molecule has 0 amide bonds. The van der Waals surface area contributed by atoms with Gasteiger partial charge in [0.25, 0.3) is 0 Å². The summed E-state index contributed by atoms with van der Waals surface area (Å²) < 4.78 is 5.75. The fourth-order valence-corrected chi connectivity index (χ4v) is 3.44. The van der Waals surface area contributed by atoms with Gasteiger partial charge in [-0.15, -0.1) is 0 Å². The Morgan fingerprint density at radius 3 is 2.94 bits per heavy atom. The first-order valence-corrected chi connectivity index (χ1v) is 7.22. The molecule has 1 aliphatic rings. The van der Waals surface area contributed by atoms with Crippen molar-refractivity contribution >= 4 is 11.3 Å². The molecule has 1 aromatic carbocycles. The lowest BCUT2D eigenvalue weighted by Gasteiger charge is -2.38. The van der Waals surface area contributed by atoms with Gasteiger partial charge in [0.05, 0.1) is 6.61 Å². The lowest BCUT2D eigenvalue weighted by atomic mass is 9.72. The monoisotopic (exact) mass is 259 g/mol. The van der Waals surface area contributed by atoms with Gasteiger partial charge in [-0.3, -0.25) is 0 Å². The van der Waals surface area contributed by atoms with Crippen LogP contribution in [0.5, 0.6) is 5.75 Å². The number of fused-ring (bicyclic) bond motifs is 1. The van der Waals surface area contributed by atoms with Crippen molar-refractivity contribution in [2.75, 3.05) is 13.2 Å². The van der Waals surface area contributed by atoms with E-state index in [0.29, 0.717) is 6.54 Å². The molecule has 2 nitrogen and oxygen atoms in total. The second kappa shape index (κ2) is 4.75. The van der Waals surface area contributed by atoms with Crippen LogP contribution in [0.1, 0.15) is 17.5 Å². The van der Waals surface area contributed by atoms with E-state index < -0.39 is 0 Å². The van der Waals surface area contributed by atoms with Crippen LogP contribution >= 0.6 is 11.3 Å².